The predicted octanol–water partition coefficient (Wildman–Crippen LogP) is 1.67. The zero-order chi connectivity index (χ0) is 10.4. The summed E-state index contributed by atoms with van der Waals surface area (Å²) < 4.78 is 0. The average Bonchev–Trinajstić information content (AvgIpc) is 2.19. The minimum Gasteiger partial charge on any atom is -0.363 e. The highest BCUT2D eigenvalue weighted by molar-refractivity contribution is 5.49. The van der Waals surface area contributed by atoms with Crippen LogP contribution in [0.4, 0.5) is 5.82 Å². The Labute approximate surface area is 84.8 Å². The molecule has 0 atom stereocenters. The van der Waals surface area contributed by atoms with E-state index in [4.69, 9.17) is 0 Å². The molecule has 0 saturated carbocycles. The number of anilines is 1. The molecule has 1 heterocycles. The number of rotatable bonds is 5. The van der Waals surface area contributed by atoms with Crippen LogP contribution in [0.1, 0.15) is 18.4 Å². The topological polar surface area (TPSA) is 33.2 Å². The monoisotopic (exact) mass is 192 g/mol. The lowest BCUT2D eigenvalue weighted by atomic mass is 10.1. The molecule has 1 aromatic heterocycles. The Kier molecular flexibility index (Phi) is 4.11. The molecule has 0 fully saturated rings. The molecule has 0 spiro atoms. The normalized spacial score (nSPS) is 9.86. The molecular formula is C11H16N2O. The quantitative estimate of drug-likeness (QED) is 0.525. The van der Waals surface area contributed by atoms with E-state index in [2.05, 4.69) is 11.1 Å². The van der Waals surface area contributed by atoms with Crippen molar-refractivity contribution in [1.82, 2.24) is 4.98 Å². The average molecular weight is 192 g/mol. The van der Waals surface area contributed by atoms with Gasteiger partial charge in [-0.2, -0.15) is 0 Å². The van der Waals surface area contributed by atoms with Gasteiger partial charge in [0.05, 0.1) is 0 Å². The van der Waals surface area contributed by atoms with Crippen molar-refractivity contribution >= 4 is 12.1 Å². The Hall–Kier alpha value is -1.38. The van der Waals surface area contributed by atoms with Crippen LogP contribution in [0.3, 0.4) is 0 Å². The van der Waals surface area contributed by atoms with Gasteiger partial charge in [-0.1, -0.05) is 6.07 Å². The van der Waals surface area contributed by atoms with E-state index in [1.54, 1.807) is 0 Å². The van der Waals surface area contributed by atoms with E-state index < -0.39 is 0 Å². The van der Waals surface area contributed by atoms with Crippen LogP contribution >= 0.6 is 0 Å². The largest absolute Gasteiger partial charge is 0.363 e. The minimum atomic E-state index is 0.634. The summed E-state index contributed by atoms with van der Waals surface area (Å²) in [5.74, 6) is 0.962. The number of aromatic nitrogens is 1. The Morgan fingerprint density at radius 1 is 1.43 bits per heavy atom. The second kappa shape index (κ2) is 5.37. The summed E-state index contributed by atoms with van der Waals surface area (Å²) in [6.07, 6.45) is 5.31. The Bertz CT molecular complexity index is 280. The van der Waals surface area contributed by atoms with Gasteiger partial charge in [0, 0.05) is 26.7 Å². The molecule has 0 aliphatic heterocycles. The Morgan fingerprint density at radius 3 is 2.71 bits per heavy atom. The molecule has 0 radical (unpaired) electrons. The van der Waals surface area contributed by atoms with Gasteiger partial charge < -0.3 is 9.69 Å². The molecule has 3 nitrogen and oxygen atoms in total. The molecular weight excluding hydrogens is 176 g/mol. The summed E-state index contributed by atoms with van der Waals surface area (Å²) >= 11 is 0. The van der Waals surface area contributed by atoms with E-state index in [9.17, 15) is 4.79 Å². The van der Waals surface area contributed by atoms with Crippen LogP contribution in [-0.2, 0) is 11.2 Å². The molecule has 0 amide bonds. The van der Waals surface area contributed by atoms with Crippen LogP contribution in [0.15, 0.2) is 18.3 Å². The minimum absolute atomic E-state index is 0.634. The summed E-state index contributed by atoms with van der Waals surface area (Å²) in [7, 11) is 3.93. The standard InChI is InChI=1S/C11H16N2O/c1-13(2)11-7-6-10(9-12-11)5-3-4-8-14/h6-9H,3-5H2,1-2H3. The van der Waals surface area contributed by atoms with Gasteiger partial charge >= 0.3 is 0 Å². The van der Waals surface area contributed by atoms with Gasteiger partial charge in [-0.05, 0) is 24.5 Å². The molecule has 0 aliphatic rings. The number of hydrogen-bond acceptors (Lipinski definition) is 3. The second-order valence-corrected chi connectivity index (χ2v) is 3.48. The lowest BCUT2D eigenvalue weighted by Crippen LogP contribution is -2.10. The molecule has 0 unspecified atom stereocenters. The summed E-state index contributed by atoms with van der Waals surface area (Å²) in [4.78, 5) is 16.4. The van der Waals surface area contributed by atoms with Gasteiger partial charge in [0.2, 0.25) is 0 Å². The third-order valence-electron chi connectivity index (χ3n) is 2.05. The van der Waals surface area contributed by atoms with E-state index in [-0.39, 0.29) is 0 Å². The van der Waals surface area contributed by atoms with Gasteiger partial charge in [0.25, 0.3) is 0 Å². The molecule has 76 valence electrons. The number of nitrogens with zero attached hydrogens (tertiary/aromatic N) is 2. The fourth-order valence-corrected chi connectivity index (χ4v) is 1.22. The van der Waals surface area contributed by atoms with Crippen molar-refractivity contribution in [3.63, 3.8) is 0 Å². The highest BCUT2D eigenvalue weighted by atomic mass is 16.1. The van der Waals surface area contributed by atoms with Crippen LogP contribution < -0.4 is 4.90 Å². The van der Waals surface area contributed by atoms with E-state index in [0.717, 1.165) is 24.9 Å². The lowest BCUT2D eigenvalue weighted by Gasteiger charge is -2.10. The number of pyridine rings is 1. The summed E-state index contributed by atoms with van der Waals surface area (Å²) in [5.41, 5.74) is 1.19. The first-order chi connectivity index (χ1) is 6.74. The van der Waals surface area contributed by atoms with Crippen LogP contribution in [-0.4, -0.2) is 25.4 Å². The number of hydrogen-bond donors (Lipinski definition) is 0. The van der Waals surface area contributed by atoms with E-state index in [0.29, 0.717) is 6.42 Å². The highest BCUT2D eigenvalue weighted by Gasteiger charge is 1.97. The van der Waals surface area contributed by atoms with Gasteiger partial charge in [-0.3, -0.25) is 0 Å². The van der Waals surface area contributed by atoms with E-state index >= 15 is 0 Å². The first-order valence-electron chi connectivity index (χ1n) is 4.80. The van der Waals surface area contributed by atoms with Crippen LogP contribution in [0.2, 0.25) is 0 Å². The zero-order valence-electron chi connectivity index (χ0n) is 8.73. The number of aryl methyl sites for hydroxylation is 1. The van der Waals surface area contributed by atoms with Crippen LogP contribution in [0.25, 0.3) is 0 Å². The first kappa shape index (κ1) is 10.7. The fraction of sp³-hybridized carbons (Fsp3) is 0.455. The van der Waals surface area contributed by atoms with Crippen LogP contribution in [0.5, 0.6) is 0 Å². The molecule has 0 saturated heterocycles. The summed E-state index contributed by atoms with van der Waals surface area (Å²) in [6.45, 7) is 0. The fourth-order valence-electron chi connectivity index (χ4n) is 1.22. The number of carbonyl (C=O) groups excluding carboxylic acids is 1. The second-order valence-electron chi connectivity index (χ2n) is 3.48. The maximum absolute atomic E-state index is 10.1. The molecule has 1 rings (SSSR count). The molecule has 0 aliphatic carbocycles. The zero-order valence-corrected chi connectivity index (χ0v) is 8.73. The third-order valence-corrected chi connectivity index (χ3v) is 2.05. The first-order valence-corrected chi connectivity index (χ1v) is 4.80. The molecule has 3 heteroatoms. The van der Waals surface area contributed by atoms with Crippen molar-refractivity contribution in [1.29, 1.82) is 0 Å². The number of carbonyl (C=O) groups is 1. The molecule has 14 heavy (non-hydrogen) atoms. The molecule has 0 N–H and O–H groups in total. The summed E-state index contributed by atoms with van der Waals surface area (Å²) in [5, 5.41) is 0. The SMILES string of the molecule is CN(C)c1ccc(CCCC=O)cn1. The molecule has 0 aromatic carbocycles. The predicted molar refractivity (Wildman–Crippen MR) is 57.6 cm³/mol. The Balaban J connectivity index is 2.51. The van der Waals surface area contributed by atoms with Crippen molar-refractivity contribution in [3.05, 3.63) is 23.9 Å². The van der Waals surface area contributed by atoms with Crippen molar-refractivity contribution in [2.45, 2.75) is 19.3 Å². The van der Waals surface area contributed by atoms with Crippen molar-refractivity contribution < 1.29 is 4.79 Å². The van der Waals surface area contributed by atoms with Gasteiger partial charge in [-0.25, -0.2) is 4.98 Å². The Morgan fingerprint density at radius 2 is 2.21 bits per heavy atom. The lowest BCUT2D eigenvalue weighted by molar-refractivity contribution is -0.107. The number of unbranched alkanes of at least 4 members (excludes halogenated alkanes) is 1. The van der Waals surface area contributed by atoms with E-state index in [1.165, 1.54) is 5.56 Å². The van der Waals surface area contributed by atoms with Crippen LogP contribution in [0, 0.1) is 0 Å². The maximum Gasteiger partial charge on any atom is 0.127 e. The highest BCUT2D eigenvalue weighted by Crippen LogP contribution is 2.09. The van der Waals surface area contributed by atoms with Crippen molar-refractivity contribution in [2.75, 3.05) is 19.0 Å². The third kappa shape index (κ3) is 3.17. The van der Waals surface area contributed by atoms with Crippen molar-refractivity contribution in [3.8, 4) is 0 Å². The van der Waals surface area contributed by atoms with Gasteiger partial charge in [0.1, 0.15) is 12.1 Å². The molecule has 1 aromatic rings. The van der Waals surface area contributed by atoms with Crippen molar-refractivity contribution in [2.24, 2.45) is 0 Å². The van der Waals surface area contributed by atoms with Gasteiger partial charge in [0.15, 0.2) is 0 Å². The summed E-state index contributed by atoms with van der Waals surface area (Å²) in [6, 6.07) is 4.06. The number of aldehydes is 1. The smallest absolute Gasteiger partial charge is 0.127 e. The van der Waals surface area contributed by atoms with E-state index in [1.807, 2.05) is 31.3 Å². The molecule has 0 bridgehead atoms. The van der Waals surface area contributed by atoms with Gasteiger partial charge in [-0.15, -0.1) is 0 Å². The maximum atomic E-state index is 10.1.